The molecule has 0 saturated heterocycles. The first-order chi connectivity index (χ1) is 9.24. The normalized spacial score (nSPS) is 12.5. The third kappa shape index (κ3) is 4.87. The van der Waals surface area contributed by atoms with E-state index in [-0.39, 0.29) is 0 Å². The van der Waals surface area contributed by atoms with Crippen LogP contribution < -0.4 is 5.32 Å². The zero-order chi connectivity index (χ0) is 13.5. The SMILES string of the molecule is Cc1cnn(C[C@@H](C)NCCCc2ccccc2)c1. The van der Waals surface area contributed by atoms with Gasteiger partial charge in [0.25, 0.3) is 0 Å². The van der Waals surface area contributed by atoms with Crippen LogP contribution in [-0.4, -0.2) is 22.4 Å². The second kappa shape index (κ2) is 7.10. The first-order valence-electron chi connectivity index (χ1n) is 7.00. The van der Waals surface area contributed by atoms with Crippen LogP contribution in [0.4, 0.5) is 0 Å². The maximum Gasteiger partial charge on any atom is 0.0560 e. The lowest BCUT2D eigenvalue weighted by molar-refractivity contribution is 0.448. The summed E-state index contributed by atoms with van der Waals surface area (Å²) in [6.07, 6.45) is 6.30. The second-order valence-electron chi connectivity index (χ2n) is 5.18. The minimum Gasteiger partial charge on any atom is -0.312 e. The number of nitrogens with zero attached hydrogens (tertiary/aromatic N) is 2. The number of aryl methyl sites for hydroxylation is 2. The molecular weight excluding hydrogens is 234 g/mol. The van der Waals surface area contributed by atoms with Crippen LogP contribution in [0.5, 0.6) is 0 Å². The Morgan fingerprint density at radius 1 is 1.26 bits per heavy atom. The Kier molecular flexibility index (Phi) is 5.16. The van der Waals surface area contributed by atoms with E-state index in [4.69, 9.17) is 0 Å². The van der Waals surface area contributed by atoms with Gasteiger partial charge in [0.05, 0.1) is 12.7 Å². The molecule has 3 nitrogen and oxygen atoms in total. The van der Waals surface area contributed by atoms with Gasteiger partial charge in [-0.2, -0.15) is 5.10 Å². The molecule has 1 aromatic heterocycles. The fourth-order valence-electron chi connectivity index (χ4n) is 2.20. The van der Waals surface area contributed by atoms with Crippen LogP contribution in [0.2, 0.25) is 0 Å². The van der Waals surface area contributed by atoms with Crippen LogP contribution in [-0.2, 0) is 13.0 Å². The van der Waals surface area contributed by atoms with E-state index in [2.05, 4.69) is 60.8 Å². The van der Waals surface area contributed by atoms with Crippen LogP contribution in [0.25, 0.3) is 0 Å². The highest BCUT2D eigenvalue weighted by Crippen LogP contribution is 2.02. The smallest absolute Gasteiger partial charge is 0.0560 e. The van der Waals surface area contributed by atoms with Crippen LogP contribution in [0.15, 0.2) is 42.7 Å². The van der Waals surface area contributed by atoms with Crippen molar-refractivity contribution >= 4 is 0 Å². The van der Waals surface area contributed by atoms with Gasteiger partial charge in [0.2, 0.25) is 0 Å². The quantitative estimate of drug-likeness (QED) is 0.773. The minimum atomic E-state index is 0.454. The monoisotopic (exact) mass is 257 g/mol. The Morgan fingerprint density at radius 2 is 2.05 bits per heavy atom. The molecule has 0 aliphatic heterocycles. The van der Waals surface area contributed by atoms with Gasteiger partial charge >= 0.3 is 0 Å². The van der Waals surface area contributed by atoms with Crippen LogP contribution in [0.3, 0.4) is 0 Å². The van der Waals surface area contributed by atoms with Gasteiger partial charge in [-0.1, -0.05) is 30.3 Å². The van der Waals surface area contributed by atoms with E-state index in [1.54, 1.807) is 0 Å². The van der Waals surface area contributed by atoms with Crippen molar-refractivity contribution in [3.63, 3.8) is 0 Å². The van der Waals surface area contributed by atoms with E-state index < -0.39 is 0 Å². The molecule has 2 aromatic rings. The summed E-state index contributed by atoms with van der Waals surface area (Å²) in [5, 5.41) is 7.86. The predicted octanol–water partition coefficient (Wildman–Crippen LogP) is 2.80. The van der Waals surface area contributed by atoms with Crippen LogP contribution in [0.1, 0.15) is 24.5 Å². The van der Waals surface area contributed by atoms with E-state index in [9.17, 15) is 0 Å². The van der Waals surface area contributed by atoms with Gasteiger partial charge in [-0.15, -0.1) is 0 Å². The summed E-state index contributed by atoms with van der Waals surface area (Å²) in [4.78, 5) is 0. The highest BCUT2D eigenvalue weighted by Gasteiger charge is 2.03. The number of hydrogen-bond acceptors (Lipinski definition) is 2. The summed E-state index contributed by atoms with van der Waals surface area (Å²) in [6.45, 7) is 6.26. The van der Waals surface area contributed by atoms with E-state index >= 15 is 0 Å². The van der Waals surface area contributed by atoms with Crippen molar-refractivity contribution in [3.8, 4) is 0 Å². The maximum atomic E-state index is 4.31. The molecule has 0 radical (unpaired) electrons. The maximum absolute atomic E-state index is 4.31. The lowest BCUT2D eigenvalue weighted by Crippen LogP contribution is -2.31. The Balaban J connectivity index is 1.63. The van der Waals surface area contributed by atoms with Crippen molar-refractivity contribution in [1.82, 2.24) is 15.1 Å². The summed E-state index contributed by atoms with van der Waals surface area (Å²) in [5.41, 5.74) is 2.64. The van der Waals surface area contributed by atoms with Crippen molar-refractivity contribution in [2.75, 3.05) is 6.54 Å². The van der Waals surface area contributed by atoms with E-state index in [0.29, 0.717) is 6.04 Å². The van der Waals surface area contributed by atoms with Crippen molar-refractivity contribution in [3.05, 3.63) is 53.9 Å². The predicted molar refractivity (Wildman–Crippen MR) is 79.2 cm³/mol. The second-order valence-corrected chi connectivity index (χ2v) is 5.18. The molecule has 0 saturated carbocycles. The molecule has 102 valence electrons. The van der Waals surface area contributed by atoms with Crippen molar-refractivity contribution in [1.29, 1.82) is 0 Å². The van der Waals surface area contributed by atoms with Gasteiger partial charge in [0, 0.05) is 12.2 Å². The number of hydrogen-bond donors (Lipinski definition) is 1. The summed E-state index contributed by atoms with van der Waals surface area (Å²) < 4.78 is 2.00. The summed E-state index contributed by atoms with van der Waals surface area (Å²) >= 11 is 0. The molecule has 0 aliphatic carbocycles. The summed E-state index contributed by atoms with van der Waals surface area (Å²) in [6, 6.07) is 11.1. The Hall–Kier alpha value is -1.61. The molecule has 0 bridgehead atoms. The highest BCUT2D eigenvalue weighted by atomic mass is 15.3. The molecule has 3 heteroatoms. The lowest BCUT2D eigenvalue weighted by Gasteiger charge is -2.13. The molecular formula is C16H23N3. The summed E-state index contributed by atoms with van der Waals surface area (Å²) in [7, 11) is 0. The van der Waals surface area contributed by atoms with Gasteiger partial charge in [-0.05, 0) is 44.4 Å². The number of rotatable bonds is 7. The Labute approximate surface area is 115 Å². The van der Waals surface area contributed by atoms with Crippen molar-refractivity contribution in [2.24, 2.45) is 0 Å². The van der Waals surface area contributed by atoms with Crippen molar-refractivity contribution < 1.29 is 0 Å². The molecule has 0 aliphatic rings. The molecule has 0 unspecified atom stereocenters. The largest absolute Gasteiger partial charge is 0.312 e. The molecule has 0 amide bonds. The van der Waals surface area contributed by atoms with Gasteiger partial charge in [0.1, 0.15) is 0 Å². The highest BCUT2D eigenvalue weighted by molar-refractivity contribution is 5.14. The molecule has 1 heterocycles. The molecule has 2 rings (SSSR count). The standard InChI is InChI=1S/C16H23N3/c1-14-11-18-19(12-14)13-15(2)17-10-6-9-16-7-4-3-5-8-16/h3-5,7-8,11-12,15,17H,6,9-10,13H2,1-2H3/t15-/m1/s1. The van der Waals surface area contributed by atoms with Gasteiger partial charge in [-0.3, -0.25) is 4.68 Å². The van der Waals surface area contributed by atoms with Crippen LogP contribution >= 0.6 is 0 Å². The molecule has 1 atom stereocenters. The zero-order valence-corrected chi connectivity index (χ0v) is 11.8. The van der Waals surface area contributed by atoms with E-state index in [1.807, 2.05) is 10.9 Å². The molecule has 1 N–H and O–H groups in total. The van der Waals surface area contributed by atoms with Gasteiger partial charge in [-0.25, -0.2) is 0 Å². The fraction of sp³-hybridized carbons (Fsp3) is 0.438. The van der Waals surface area contributed by atoms with Crippen molar-refractivity contribution in [2.45, 2.75) is 39.3 Å². The van der Waals surface area contributed by atoms with E-state index in [0.717, 1.165) is 19.5 Å². The average Bonchev–Trinajstić information content (AvgIpc) is 2.81. The number of benzene rings is 1. The van der Waals surface area contributed by atoms with Crippen LogP contribution in [0, 0.1) is 6.92 Å². The number of nitrogens with one attached hydrogen (secondary N) is 1. The third-order valence-corrected chi connectivity index (χ3v) is 3.20. The third-order valence-electron chi connectivity index (χ3n) is 3.20. The fourth-order valence-corrected chi connectivity index (χ4v) is 2.20. The Morgan fingerprint density at radius 3 is 2.74 bits per heavy atom. The van der Waals surface area contributed by atoms with Gasteiger partial charge < -0.3 is 5.32 Å². The molecule has 0 fully saturated rings. The molecule has 1 aromatic carbocycles. The topological polar surface area (TPSA) is 29.9 Å². The molecule has 0 spiro atoms. The zero-order valence-electron chi connectivity index (χ0n) is 11.8. The Bertz CT molecular complexity index is 476. The minimum absolute atomic E-state index is 0.454. The average molecular weight is 257 g/mol. The first kappa shape index (κ1) is 13.8. The van der Waals surface area contributed by atoms with E-state index in [1.165, 1.54) is 17.5 Å². The number of aromatic nitrogens is 2. The van der Waals surface area contributed by atoms with Gasteiger partial charge in [0.15, 0.2) is 0 Å². The summed E-state index contributed by atoms with van der Waals surface area (Å²) in [5.74, 6) is 0. The molecule has 19 heavy (non-hydrogen) atoms. The lowest BCUT2D eigenvalue weighted by atomic mass is 10.1. The first-order valence-corrected chi connectivity index (χ1v) is 7.00.